The zero-order valence-corrected chi connectivity index (χ0v) is 27.4. The summed E-state index contributed by atoms with van der Waals surface area (Å²) >= 11 is 1.13. The highest BCUT2D eigenvalue weighted by Crippen LogP contribution is 2.48. The molecule has 0 aliphatic carbocycles. The maximum absolute atomic E-state index is 16.1. The number of hydrogen-bond acceptors (Lipinski definition) is 7. The van der Waals surface area contributed by atoms with Gasteiger partial charge in [-0.15, -0.1) is 11.3 Å². The number of rotatable bonds is 8. The summed E-state index contributed by atoms with van der Waals surface area (Å²) in [5.41, 5.74) is 2.96. The number of fused-ring (bicyclic) bond motifs is 3. The fraction of sp³-hybridized carbons (Fsp3) is 0.257. The molecule has 0 saturated carbocycles. The Hall–Kier alpha value is -5.01. The number of aromatic nitrogens is 5. The number of halogens is 3. The first-order chi connectivity index (χ1) is 23.1. The Morgan fingerprint density at radius 1 is 1.04 bits per heavy atom. The quantitative estimate of drug-likeness (QED) is 0.125. The minimum atomic E-state index is -0.950. The van der Waals surface area contributed by atoms with Gasteiger partial charge in [-0.05, 0) is 32.1 Å². The van der Waals surface area contributed by atoms with Gasteiger partial charge in [-0.25, -0.2) is 18.2 Å². The van der Waals surface area contributed by atoms with Crippen molar-refractivity contribution in [1.82, 2.24) is 29.4 Å². The Balaban J connectivity index is 1.54. The molecule has 0 saturated heterocycles. The van der Waals surface area contributed by atoms with Gasteiger partial charge in [0.2, 0.25) is 5.91 Å². The van der Waals surface area contributed by atoms with Gasteiger partial charge >= 0.3 is 0 Å². The van der Waals surface area contributed by atoms with E-state index in [9.17, 15) is 9.18 Å². The maximum atomic E-state index is 16.1. The third-order valence-electron chi connectivity index (χ3n) is 8.80. The number of benzene rings is 2. The van der Waals surface area contributed by atoms with Crippen molar-refractivity contribution in [2.45, 2.75) is 32.5 Å². The topological polar surface area (TPSA) is 87.3 Å². The third-order valence-corrected chi connectivity index (χ3v) is 9.76. The van der Waals surface area contributed by atoms with Crippen molar-refractivity contribution in [2.75, 3.05) is 20.3 Å². The van der Waals surface area contributed by atoms with Crippen LogP contribution in [0.5, 0.6) is 5.75 Å². The van der Waals surface area contributed by atoms with Crippen LogP contribution in [0.4, 0.5) is 13.2 Å². The van der Waals surface area contributed by atoms with Gasteiger partial charge in [0, 0.05) is 59.8 Å². The molecule has 0 N–H and O–H groups in total. The first-order valence-electron chi connectivity index (χ1n) is 15.3. The van der Waals surface area contributed by atoms with Gasteiger partial charge < -0.3 is 14.4 Å². The fourth-order valence-corrected chi connectivity index (χ4v) is 7.26. The van der Waals surface area contributed by atoms with Crippen LogP contribution < -0.4 is 4.74 Å². The first kappa shape index (κ1) is 31.6. The minimum absolute atomic E-state index is 0.00602. The summed E-state index contributed by atoms with van der Waals surface area (Å²) < 4.78 is 61.8. The smallest absolute Gasteiger partial charge is 0.246 e. The second kappa shape index (κ2) is 12.2. The van der Waals surface area contributed by atoms with Crippen LogP contribution in [0.15, 0.2) is 60.6 Å². The lowest BCUT2D eigenvalue weighted by Crippen LogP contribution is -2.46. The van der Waals surface area contributed by atoms with Gasteiger partial charge in [-0.3, -0.25) is 14.2 Å². The van der Waals surface area contributed by atoms with Gasteiger partial charge in [0.25, 0.3) is 0 Å². The number of aryl methyl sites for hydroxylation is 1. The van der Waals surface area contributed by atoms with Gasteiger partial charge in [0.05, 0.1) is 52.4 Å². The van der Waals surface area contributed by atoms with Gasteiger partial charge in [0.1, 0.15) is 41.2 Å². The van der Waals surface area contributed by atoms with Crippen molar-refractivity contribution < 1.29 is 27.4 Å². The molecule has 0 radical (unpaired) electrons. The summed E-state index contributed by atoms with van der Waals surface area (Å²) in [6.07, 6.45) is 3.16. The SMILES string of the molecule is C=CC(=O)N1Cc2cc(-c3nc(-c4ccc5cn(C)nc5c4)c4scc(F)c4c3-c3c(F)cc(F)cc3OCCOC)nn2[C@@H](C)[C@@H]1C. The number of pyridine rings is 1. The predicted molar refractivity (Wildman–Crippen MR) is 178 cm³/mol. The molecule has 0 spiro atoms. The van der Waals surface area contributed by atoms with E-state index >= 15 is 8.78 Å². The molecule has 0 fully saturated rings. The Bertz CT molecular complexity index is 2240. The monoisotopic (exact) mass is 672 g/mol. The number of methoxy groups -OCH3 is 1. The van der Waals surface area contributed by atoms with E-state index in [4.69, 9.17) is 19.6 Å². The van der Waals surface area contributed by atoms with Gasteiger partial charge in [0.15, 0.2) is 0 Å². The molecule has 48 heavy (non-hydrogen) atoms. The van der Waals surface area contributed by atoms with Crippen LogP contribution >= 0.6 is 11.3 Å². The molecule has 0 bridgehead atoms. The van der Waals surface area contributed by atoms with E-state index in [0.717, 1.165) is 34.4 Å². The molecule has 1 aliphatic heterocycles. The van der Waals surface area contributed by atoms with Crippen LogP contribution in [-0.4, -0.2) is 61.7 Å². The average molecular weight is 673 g/mol. The van der Waals surface area contributed by atoms with Crippen molar-refractivity contribution in [3.63, 3.8) is 0 Å². The van der Waals surface area contributed by atoms with Crippen LogP contribution in [0.1, 0.15) is 25.6 Å². The lowest BCUT2D eigenvalue weighted by Gasteiger charge is -2.37. The number of nitrogens with zero attached hydrogens (tertiary/aromatic N) is 6. The summed E-state index contributed by atoms with van der Waals surface area (Å²) in [5.74, 6) is -2.76. The Labute approximate surface area is 277 Å². The van der Waals surface area contributed by atoms with Crippen LogP contribution in [0, 0.1) is 17.5 Å². The van der Waals surface area contributed by atoms with Gasteiger partial charge in [-0.1, -0.05) is 18.7 Å². The number of carbonyl (C=O) groups is 1. The van der Waals surface area contributed by atoms with Crippen LogP contribution in [0.25, 0.3) is 54.8 Å². The normalized spacial score (nSPS) is 16.1. The molecule has 7 rings (SSSR count). The van der Waals surface area contributed by atoms with Crippen molar-refractivity contribution in [3.05, 3.63) is 83.8 Å². The maximum Gasteiger partial charge on any atom is 0.246 e. The average Bonchev–Trinajstić information content (AvgIpc) is 3.77. The van der Waals surface area contributed by atoms with E-state index in [1.807, 2.05) is 50.0 Å². The standard InChI is InChI=1S/C35H31F3N6O3S/c1-6-29(45)43-16-23-14-27(41-44(23)19(3)18(43)2)34-32(30-24(37)12-22(36)13-28(30)47-10-9-46-5)31-25(38)17-48-35(31)33(39-34)20-7-8-21-15-42(4)40-26(21)11-20/h6-8,11-15,17-19H,1,9-10,16H2,2-5H3/t18-,19-/m0/s1. The van der Waals surface area contributed by atoms with Crippen LogP contribution in [-0.2, 0) is 23.1 Å². The third kappa shape index (κ3) is 5.23. The van der Waals surface area contributed by atoms with Crippen LogP contribution in [0.3, 0.4) is 0 Å². The molecule has 9 nitrogen and oxygen atoms in total. The molecule has 13 heteroatoms. The lowest BCUT2D eigenvalue weighted by molar-refractivity contribution is -0.130. The highest BCUT2D eigenvalue weighted by molar-refractivity contribution is 7.17. The largest absolute Gasteiger partial charge is 0.490 e. The second-order valence-corrected chi connectivity index (χ2v) is 12.6. The molecule has 4 aromatic heterocycles. The highest BCUT2D eigenvalue weighted by atomic mass is 32.1. The Morgan fingerprint density at radius 3 is 2.62 bits per heavy atom. The summed E-state index contributed by atoms with van der Waals surface area (Å²) in [7, 11) is 3.31. The second-order valence-electron chi connectivity index (χ2n) is 11.8. The first-order valence-corrected chi connectivity index (χ1v) is 16.1. The summed E-state index contributed by atoms with van der Waals surface area (Å²) in [6, 6.07) is 8.79. The van der Waals surface area contributed by atoms with E-state index in [1.165, 1.54) is 18.6 Å². The van der Waals surface area contributed by atoms with E-state index in [-0.39, 0.29) is 65.7 Å². The molecule has 246 valence electrons. The van der Waals surface area contributed by atoms with E-state index in [0.29, 0.717) is 27.3 Å². The number of thiophene rings is 1. The van der Waals surface area contributed by atoms with Crippen molar-refractivity contribution in [1.29, 1.82) is 0 Å². The van der Waals surface area contributed by atoms with E-state index in [2.05, 4.69) is 11.7 Å². The van der Waals surface area contributed by atoms with Crippen LogP contribution in [0.2, 0.25) is 0 Å². The van der Waals surface area contributed by atoms with Crippen molar-refractivity contribution in [3.8, 4) is 39.5 Å². The molecule has 2 aromatic carbocycles. The number of amides is 1. The number of ether oxygens (including phenoxy) is 2. The molecule has 6 aromatic rings. The Morgan fingerprint density at radius 2 is 1.85 bits per heavy atom. The van der Waals surface area contributed by atoms with E-state index in [1.54, 1.807) is 15.6 Å². The Kier molecular flexibility index (Phi) is 8.04. The molecule has 5 heterocycles. The zero-order valence-electron chi connectivity index (χ0n) is 26.6. The summed E-state index contributed by atoms with van der Waals surface area (Å²) in [4.78, 5) is 19.5. The minimum Gasteiger partial charge on any atom is -0.490 e. The highest BCUT2D eigenvalue weighted by Gasteiger charge is 2.34. The molecule has 0 unspecified atom stereocenters. The molecular formula is C35H31F3N6O3S. The summed E-state index contributed by atoms with van der Waals surface area (Å²) in [5, 5.41) is 11.8. The summed E-state index contributed by atoms with van der Waals surface area (Å²) in [6.45, 7) is 7.91. The zero-order chi connectivity index (χ0) is 33.9. The number of carbonyl (C=O) groups excluding carboxylic acids is 1. The predicted octanol–water partition coefficient (Wildman–Crippen LogP) is 7.30. The molecular weight excluding hydrogens is 641 g/mol. The molecule has 1 aliphatic rings. The molecule has 1 amide bonds. The van der Waals surface area contributed by atoms with E-state index < -0.39 is 17.5 Å². The van der Waals surface area contributed by atoms with Gasteiger partial charge in [-0.2, -0.15) is 10.2 Å². The number of hydrogen-bond donors (Lipinski definition) is 0. The molecule has 2 atom stereocenters. The van der Waals surface area contributed by atoms with Crippen molar-refractivity contribution in [2.24, 2.45) is 7.05 Å². The fourth-order valence-electron chi connectivity index (χ4n) is 6.33. The van der Waals surface area contributed by atoms with Crippen molar-refractivity contribution >= 4 is 38.2 Å². The lowest BCUT2D eigenvalue weighted by atomic mass is 9.94.